The molecule has 0 heterocycles. The van der Waals surface area contributed by atoms with E-state index in [1.54, 1.807) is 0 Å². The van der Waals surface area contributed by atoms with Crippen LogP contribution < -0.4 is 9.80 Å². The van der Waals surface area contributed by atoms with Crippen molar-refractivity contribution < 1.29 is 0 Å². The molecule has 0 radical (unpaired) electrons. The molecular weight excluding hydrogens is 308 g/mol. The fraction of sp³-hybridized carbons (Fsp3) is 0.381. The Bertz CT molecular complexity index is 630. The predicted octanol–water partition coefficient (Wildman–Crippen LogP) is 5.52. The van der Waals surface area contributed by atoms with Crippen LogP contribution in [0.15, 0.2) is 58.5 Å². The first-order valence-electron chi connectivity index (χ1n) is 9.08. The van der Waals surface area contributed by atoms with Crippen LogP contribution in [0.5, 0.6) is 0 Å². The van der Waals surface area contributed by atoms with Gasteiger partial charge in [0, 0.05) is 37.6 Å². The third kappa shape index (κ3) is 5.20. The van der Waals surface area contributed by atoms with Gasteiger partial charge >= 0.3 is 0 Å². The summed E-state index contributed by atoms with van der Waals surface area (Å²) in [5, 5.41) is 0. The zero-order valence-electron chi connectivity index (χ0n) is 15.7. The Hall–Kier alpha value is -2.58. The topological polar surface area (TPSA) is 31.2 Å². The summed E-state index contributed by atoms with van der Waals surface area (Å²) in [7, 11) is 0. The van der Waals surface area contributed by atoms with Gasteiger partial charge in [0.15, 0.2) is 0 Å². The van der Waals surface area contributed by atoms with E-state index in [1.165, 1.54) is 11.4 Å². The predicted molar refractivity (Wildman–Crippen MR) is 109 cm³/mol. The molecule has 0 aromatic heterocycles. The summed E-state index contributed by atoms with van der Waals surface area (Å²) in [5.74, 6) is 0. The van der Waals surface area contributed by atoms with Crippen LogP contribution in [-0.2, 0) is 0 Å². The van der Waals surface area contributed by atoms with E-state index in [0.717, 1.165) is 37.6 Å². The minimum atomic E-state index is 0.861. The van der Waals surface area contributed by atoms with E-state index >= 15 is 0 Å². The molecule has 0 atom stereocenters. The third-order valence-corrected chi connectivity index (χ3v) is 4.31. The van der Waals surface area contributed by atoms with Crippen molar-refractivity contribution in [3.05, 3.63) is 48.5 Å². The quantitative estimate of drug-likeness (QED) is 0.595. The van der Waals surface area contributed by atoms with Gasteiger partial charge in [-0.25, -0.2) is 0 Å². The highest BCUT2D eigenvalue weighted by Crippen LogP contribution is 2.21. The summed E-state index contributed by atoms with van der Waals surface area (Å²) in [6, 6.07) is 19.2. The van der Waals surface area contributed by atoms with Gasteiger partial charge in [-0.3, -0.25) is 0 Å². The van der Waals surface area contributed by atoms with Crippen LogP contribution in [0.4, 0.5) is 22.7 Å². The second-order valence-corrected chi connectivity index (χ2v) is 5.70. The molecule has 132 valence electrons. The lowest BCUT2D eigenvalue weighted by Gasteiger charge is -2.20. The third-order valence-electron chi connectivity index (χ3n) is 4.31. The molecule has 0 saturated carbocycles. The standard InChI is InChI=1S/C21H28N4/c1-5-24(6-2)20-13-9-18(10-14-20)22-17-23-19-11-15-21(16-12-19)25(7-3)8-4/h9-16H,5-8H2,1-4H3. The Balaban J connectivity index is 2.05. The van der Waals surface area contributed by atoms with Gasteiger partial charge in [-0.15, -0.1) is 0 Å². The van der Waals surface area contributed by atoms with Crippen molar-refractivity contribution in [3.8, 4) is 0 Å². The zero-order chi connectivity index (χ0) is 18.1. The maximum atomic E-state index is 4.30. The summed E-state index contributed by atoms with van der Waals surface area (Å²) in [6.45, 7) is 12.7. The molecule has 4 heteroatoms. The molecule has 0 saturated heterocycles. The van der Waals surface area contributed by atoms with Crippen LogP contribution in [0.3, 0.4) is 0 Å². The van der Waals surface area contributed by atoms with E-state index in [1.807, 2.05) is 24.3 Å². The van der Waals surface area contributed by atoms with Crippen LogP contribution in [0, 0.1) is 0 Å². The van der Waals surface area contributed by atoms with E-state index in [9.17, 15) is 0 Å². The Morgan fingerprint density at radius 2 is 0.920 bits per heavy atom. The second-order valence-electron chi connectivity index (χ2n) is 5.70. The second kappa shape index (κ2) is 9.65. The van der Waals surface area contributed by atoms with Crippen LogP contribution in [0.25, 0.3) is 0 Å². The molecule has 4 nitrogen and oxygen atoms in total. The van der Waals surface area contributed by atoms with Gasteiger partial charge in [-0.05, 0) is 76.2 Å². The number of hydrogen-bond acceptors (Lipinski definition) is 4. The molecule has 0 amide bonds. The molecule has 0 bridgehead atoms. The van der Waals surface area contributed by atoms with E-state index in [4.69, 9.17) is 0 Å². The summed E-state index contributed by atoms with van der Waals surface area (Å²) >= 11 is 0. The van der Waals surface area contributed by atoms with Crippen LogP contribution in [0.1, 0.15) is 27.7 Å². The monoisotopic (exact) mass is 336 g/mol. The van der Waals surface area contributed by atoms with Crippen molar-refractivity contribution in [2.24, 2.45) is 9.98 Å². The minimum Gasteiger partial charge on any atom is -0.372 e. The summed E-state index contributed by atoms with van der Waals surface area (Å²) in [6.07, 6.45) is 0. The molecular formula is C21H28N4. The number of nitrogens with zero attached hydrogens (tertiary/aromatic N) is 4. The Labute approximate surface area is 151 Å². The van der Waals surface area contributed by atoms with Crippen LogP contribution in [-0.4, -0.2) is 32.2 Å². The van der Waals surface area contributed by atoms with E-state index < -0.39 is 0 Å². The first-order valence-corrected chi connectivity index (χ1v) is 9.08. The molecule has 0 spiro atoms. The molecule has 0 aliphatic heterocycles. The van der Waals surface area contributed by atoms with Crippen molar-refractivity contribution in [2.75, 3.05) is 36.0 Å². The molecule has 0 fully saturated rings. The van der Waals surface area contributed by atoms with Gasteiger partial charge in [0.1, 0.15) is 6.01 Å². The zero-order valence-corrected chi connectivity index (χ0v) is 15.7. The largest absolute Gasteiger partial charge is 0.372 e. The Morgan fingerprint density at radius 3 is 1.20 bits per heavy atom. The highest BCUT2D eigenvalue weighted by Gasteiger charge is 2.01. The molecule has 0 aliphatic rings. The molecule has 25 heavy (non-hydrogen) atoms. The van der Waals surface area contributed by atoms with Gasteiger partial charge < -0.3 is 9.80 Å². The van der Waals surface area contributed by atoms with Gasteiger partial charge in [-0.1, -0.05) is 0 Å². The van der Waals surface area contributed by atoms with Crippen LogP contribution >= 0.6 is 0 Å². The molecule has 0 N–H and O–H groups in total. The minimum absolute atomic E-state index is 0.861. The van der Waals surface area contributed by atoms with Gasteiger partial charge in [-0.2, -0.15) is 9.98 Å². The van der Waals surface area contributed by atoms with Crippen molar-refractivity contribution in [1.82, 2.24) is 0 Å². The van der Waals surface area contributed by atoms with Crippen molar-refractivity contribution in [3.63, 3.8) is 0 Å². The first-order chi connectivity index (χ1) is 12.2. The lowest BCUT2D eigenvalue weighted by Crippen LogP contribution is -2.21. The Kier molecular flexibility index (Phi) is 7.24. The highest BCUT2D eigenvalue weighted by molar-refractivity contribution is 5.61. The van der Waals surface area contributed by atoms with E-state index in [0.29, 0.717) is 0 Å². The van der Waals surface area contributed by atoms with E-state index in [2.05, 4.69) is 77.8 Å². The lowest BCUT2D eigenvalue weighted by atomic mass is 10.2. The molecule has 0 unspecified atom stereocenters. The van der Waals surface area contributed by atoms with Crippen molar-refractivity contribution >= 4 is 28.8 Å². The fourth-order valence-corrected chi connectivity index (χ4v) is 2.79. The maximum absolute atomic E-state index is 4.30. The number of benzene rings is 2. The van der Waals surface area contributed by atoms with Crippen molar-refractivity contribution in [1.29, 1.82) is 0 Å². The van der Waals surface area contributed by atoms with Gasteiger partial charge in [0.05, 0.1) is 11.4 Å². The number of rotatable bonds is 8. The maximum Gasteiger partial charge on any atom is 0.100 e. The summed E-state index contributed by atoms with van der Waals surface area (Å²) < 4.78 is 0. The van der Waals surface area contributed by atoms with E-state index in [-0.39, 0.29) is 0 Å². The summed E-state index contributed by atoms with van der Waals surface area (Å²) in [4.78, 5) is 13.2. The summed E-state index contributed by atoms with van der Waals surface area (Å²) in [5.41, 5.74) is 4.15. The van der Waals surface area contributed by atoms with Gasteiger partial charge in [0.25, 0.3) is 0 Å². The highest BCUT2D eigenvalue weighted by atomic mass is 15.1. The van der Waals surface area contributed by atoms with Crippen LogP contribution in [0.2, 0.25) is 0 Å². The molecule has 2 rings (SSSR count). The lowest BCUT2D eigenvalue weighted by molar-refractivity contribution is 0.866. The molecule has 2 aromatic rings. The molecule has 2 aromatic carbocycles. The average molecular weight is 336 g/mol. The van der Waals surface area contributed by atoms with Gasteiger partial charge in [0.2, 0.25) is 0 Å². The average Bonchev–Trinajstić information content (AvgIpc) is 2.66. The normalized spacial score (nSPS) is 10.1. The fourth-order valence-electron chi connectivity index (χ4n) is 2.79. The first kappa shape index (κ1) is 18.8. The molecule has 0 aliphatic carbocycles. The smallest absolute Gasteiger partial charge is 0.100 e. The SMILES string of the molecule is CCN(CC)c1ccc(N=C=Nc2ccc(N(CC)CC)cc2)cc1. The van der Waals surface area contributed by atoms with Crippen molar-refractivity contribution in [2.45, 2.75) is 27.7 Å². The number of hydrogen-bond donors (Lipinski definition) is 0. The number of anilines is 2. The number of aliphatic imine (C=N–C) groups is 2. The Morgan fingerprint density at radius 1 is 0.600 bits per heavy atom.